The molecule has 0 radical (unpaired) electrons. The Bertz CT molecular complexity index is 552. The Morgan fingerprint density at radius 2 is 2.06 bits per heavy atom. The van der Waals surface area contributed by atoms with E-state index in [-0.39, 0.29) is 5.91 Å². The summed E-state index contributed by atoms with van der Waals surface area (Å²) >= 11 is 0. The molecule has 0 saturated carbocycles. The van der Waals surface area contributed by atoms with Crippen molar-refractivity contribution in [3.8, 4) is 0 Å². The minimum absolute atomic E-state index is 0.195. The first-order valence-corrected chi connectivity index (χ1v) is 5.33. The van der Waals surface area contributed by atoms with E-state index in [1.807, 2.05) is 32.0 Å². The van der Waals surface area contributed by atoms with Gasteiger partial charge in [-0.3, -0.25) is 10.1 Å². The Labute approximate surface area is 99.7 Å². The maximum Gasteiger partial charge on any atom is 0.258 e. The van der Waals surface area contributed by atoms with E-state index in [4.69, 9.17) is 0 Å². The summed E-state index contributed by atoms with van der Waals surface area (Å²) < 4.78 is 0. The molecule has 1 N–H and O–H groups in total. The standard InChI is InChI=1S/C13H13N3O/c1-9-4-3-5-11(8-9)12(17)16-13-14-7-6-10(2)15-13/h3-8H,1-2H3,(H,14,15,16,17). The zero-order chi connectivity index (χ0) is 12.3. The highest BCUT2D eigenvalue weighted by atomic mass is 16.1. The van der Waals surface area contributed by atoms with Crippen molar-refractivity contribution >= 4 is 11.9 Å². The van der Waals surface area contributed by atoms with Gasteiger partial charge in [-0.25, -0.2) is 9.97 Å². The molecule has 2 rings (SSSR count). The smallest absolute Gasteiger partial charge is 0.258 e. The predicted molar refractivity (Wildman–Crippen MR) is 65.9 cm³/mol. The van der Waals surface area contributed by atoms with E-state index in [1.165, 1.54) is 0 Å². The van der Waals surface area contributed by atoms with Crippen molar-refractivity contribution in [2.24, 2.45) is 0 Å². The molecule has 1 aromatic heterocycles. The zero-order valence-corrected chi connectivity index (χ0v) is 9.77. The molecule has 0 aliphatic heterocycles. The van der Waals surface area contributed by atoms with Gasteiger partial charge >= 0.3 is 0 Å². The minimum atomic E-state index is -0.195. The van der Waals surface area contributed by atoms with Crippen molar-refractivity contribution in [2.45, 2.75) is 13.8 Å². The fraction of sp³-hybridized carbons (Fsp3) is 0.154. The average Bonchev–Trinajstić information content (AvgIpc) is 2.29. The quantitative estimate of drug-likeness (QED) is 0.856. The molecule has 17 heavy (non-hydrogen) atoms. The maximum atomic E-state index is 11.9. The summed E-state index contributed by atoms with van der Waals surface area (Å²) in [6.45, 7) is 3.80. The van der Waals surface area contributed by atoms with Gasteiger partial charge in [0.15, 0.2) is 0 Å². The molecule has 0 aliphatic rings. The molecule has 1 heterocycles. The van der Waals surface area contributed by atoms with Crippen LogP contribution in [0.4, 0.5) is 5.95 Å². The lowest BCUT2D eigenvalue weighted by atomic mass is 10.1. The van der Waals surface area contributed by atoms with Crippen LogP contribution in [0.2, 0.25) is 0 Å². The monoisotopic (exact) mass is 227 g/mol. The van der Waals surface area contributed by atoms with Crippen LogP contribution in [-0.4, -0.2) is 15.9 Å². The number of carbonyl (C=O) groups excluding carboxylic acids is 1. The van der Waals surface area contributed by atoms with E-state index in [0.29, 0.717) is 11.5 Å². The van der Waals surface area contributed by atoms with E-state index in [2.05, 4.69) is 15.3 Å². The lowest BCUT2D eigenvalue weighted by Gasteiger charge is -2.04. The molecule has 2 aromatic rings. The van der Waals surface area contributed by atoms with E-state index < -0.39 is 0 Å². The molecule has 1 aromatic carbocycles. The molecule has 1 amide bonds. The molecule has 0 atom stereocenters. The van der Waals surface area contributed by atoms with Gasteiger partial charge in [-0.2, -0.15) is 0 Å². The second-order valence-electron chi connectivity index (χ2n) is 3.85. The number of amides is 1. The Morgan fingerprint density at radius 1 is 1.24 bits per heavy atom. The molecular formula is C13H13N3O. The first-order chi connectivity index (χ1) is 8.15. The van der Waals surface area contributed by atoms with Crippen LogP contribution in [0.3, 0.4) is 0 Å². The largest absolute Gasteiger partial charge is 0.290 e. The number of aryl methyl sites for hydroxylation is 2. The first kappa shape index (κ1) is 11.3. The van der Waals surface area contributed by atoms with E-state index >= 15 is 0 Å². The third-order valence-corrected chi connectivity index (χ3v) is 2.30. The van der Waals surface area contributed by atoms with Crippen molar-refractivity contribution in [3.63, 3.8) is 0 Å². The van der Waals surface area contributed by atoms with Crippen LogP contribution in [0.15, 0.2) is 36.5 Å². The number of hydrogen-bond acceptors (Lipinski definition) is 3. The van der Waals surface area contributed by atoms with Gasteiger partial charge in [0.1, 0.15) is 0 Å². The highest BCUT2D eigenvalue weighted by Gasteiger charge is 2.07. The Morgan fingerprint density at radius 3 is 2.76 bits per heavy atom. The fourth-order valence-corrected chi connectivity index (χ4v) is 1.47. The van der Waals surface area contributed by atoms with Gasteiger partial charge in [0, 0.05) is 17.5 Å². The van der Waals surface area contributed by atoms with Gasteiger partial charge in [-0.1, -0.05) is 17.7 Å². The predicted octanol–water partition coefficient (Wildman–Crippen LogP) is 2.35. The van der Waals surface area contributed by atoms with Crippen molar-refractivity contribution in [1.29, 1.82) is 0 Å². The van der Waals surface area contributed by atoms with Crippen molar-refractivity contribution < 1.29 is 4.79 Å². The molecule has 4 nitrogen and oxygen atoms in total. The van der Waals surface area contributed by atoms with Crippen LogP contribution in [-0.2, 0) is 0 Å². The molecule has 86 valence electrons. The number of benzene rings is 1. The summed E-state index contributed by atoms with van der Waals surface area (Å²) in [7, 11) is 0. The topological polar surface area (TPSA) is 54.9 Å². The third-order valence-electron chi connectivity index (χ3n) is 2.30. The number of carbonyl (C=O) groups is 1. The zero-order valence-electron chi connectivity index (χ0n) is 9.77. The van der Waals surface area contributed by atoms with Gasteiger partial charge in [-0.15, -0.1) is 0 Å². The SMILES string of the molecule is Cc1cccc(C(=O)Nc2nccc(C)n2)c1. The number of hydrogen-bond donors (Lipinski definition) is 1. The van der Waals surface area contributed by atoms with Crippen LogP contribution < -0.4 is 5.32 Å². The van der Waals surface area contributed by atoms with Gasteiger partial charge in [0.25, 0.3) is 5.91 Å². The number of nitrogens with zero attached hydrogens (tertiary/aromatic N) is 2. The van der Waals surface area contributed by atoms with Crippen LogP contribution >= 0.6 is 0 Å². The van der Waals surface area contributed by atoms with E-state index in [9.17, 15) is 4.79 Å². The second kappa shape index (κ2) is 4.74. The van der Waals surface area contributed by atoms with E-state index in [0.717, 1.165) is 11.3 Å². The summed E-state index contributed by atoms with van der Waals surface area (Å²) in [5.41, 5.74) is 2.47. The van der Waals surface area contributed by atoms with Crippen molar-refractivity contribution in [2.75, 3.05) is 5.32 Å². The third kappa shape index (κ3) is 2.87. The summed E-state index contributed by atoms with van der Waals surface area (Å²) in [5.74, 6) is 0.135. The number of anilines is 1. The lowest BCUT2D eigenvalue weighted by Crippen LogP contribution is -2.14. The lowest BCUT2D eigenvalue weighted by molar-refractivity contribution is 0.102. The summed E-state index contributed by atoms with van der Waals surface area (Å²) in [5, 5.41) is 2.67. The molecule has 0 bridgehead atoms. The van der Waals surface area contributed by atoms with Crippen LogP contribution in [0, 0.1) is 13.8 Å². The molecule has 4 heteroatoms. The van der Waals surface area contributed by atoms with Crippen LogP contribution in [0.1, 0.15) is 21.6 Å². The Balaban J connectivity index is 2.17. The summed E-state index contributed by atoms with van der Waals surface area (Å²) in [6.07, 6.45) is 1.62. The summed E-state index contributed by atoms with van der Waals surface area (Å²) in [6, 6.07) is 9.16. The van der Waals surface area contributed by atoms with Gasteiger partial charge in [-0.05, 0) is 32.0 Å². The van der Waals surface area contributed by atoms with Gasteiger partial charge in [0.05, 0.1) is 0 Å². The molecule has 0 saturated heterocycles. The molecule has 0 unspecified atom stereocenters. The second-order valence-corrected chi connectivity index (χ2v) is 3.85. The number of rotatable bonds is 2. The van der Waals surface area contributed by atoms with E-state index in [1.54, 1.807) is 18.3 Å². The number of aromatic nitrogens is 2. The fourth-order valence-electron chi connectivity index (χ4n) is 1.47. The average molecular weight is 227 g/mol. The number of nitrogens with one attached hydrogen (secondary N) is 1. The van der Waals surface area contributed by atoms with Crippen LogP contribution in [0.25, 0.3) is 0 Å². The first-order valence-electron chi connectivity index (χ1n) is 5.33. The molecular weight excluding hydrogens is 214 g/mol. The van der Waals surface area contributed by atoms with Gasteiger partial charge in [0.2, 0.25) is 5.95 Å². The Kier molecular flexibility index (Phi) is 3.14. The van der Waals surface area contributed by atoms with Crippen LogP contribution in [0.5, 0.6) is 0 Å². The maximum absolute atomic E-state index is 11.9. The normalized spacial score (nSPS) is 10.0. The minimum Gasteiger partial charge on any atom is -0.290 e. The molecule has 0 aliphatic carbocycles. The highest BCUT2D eigenvalue weighted by Crippen LogP contribution is 2.07. The molecule has 0 spiro atoms. The Hall–Kier alpha value is -2.23. The van der Waals surface area contributed by atoms with Crippen molar-refractivity contribution in [1.82, 2.24) is 9.97 Å². The summed E-state index contributed by atoms with van der Waals surface area (Å²) in [4.78, 5) is 20.0. The highest BCUT2D eigenvalue weighted by molar-refractivity contribution is 6.03. The van der Waals surface area contributed by atoms with Crippen molar-refractivity contribution in [3.05, 3.63) is 53.3 Å². The molecule has 0 fully saturated rings. The van der Waals surface area contributed by atoms with Gasteiger partial charge < -0.3 is 0 Å².